The van der Waals surface area contributed by atoms with E-state index >= 15 is 0 Å². The van der Waals surface area contributed by atoms with E-state index in [1.807, 2.05) is 12.2 Å². The summed E-state index contributed by atoms with van der Waals surface area (Å²) in [4.78, 5) is 4.75. The summed E-state index contributed by atoms with van der Waals surface area (Å²) >= 11 is 0. The van der Waals surface area contributed by atoms with Crippen LogP contribution in [0, 0.1) is 0 Å². The molecule has 92 valence electrons. The molecule has 0 unspecified atom stereocenters. The van der Waals surface area contributed by atoms with Crippen molar-refractivity contribution in [1.82, 2.24) is 9.80 Å². The Morgan fingerprint density at radius 1 is 0.688 bits per heavy atom. The molecule has 0 saturated carbocycles. The van der Waals surface area contributed by atoms with Crippen LogP contribution in [-0.4, -0.2) is 72.5 Å². The van der Waals surface area contributed by atoms with Crippen LogP contribution in [0.3, 0.4) is 0 Å². The zero-order valence-electron chi connectivity index (χ0n) is 9.76. The molecule has 1 aliphatic heterocycles. The molecule has 1 fully saturated rings. The van der Waals surface area contributed by atoms with Crippen molar-refractivity contribution in [2.24, 2.45) is 0 Å². The van der Waals surface area contributed by atoms with Crippen LogP contribution in [0.1, 0.15) is 0 Å². The summed E-state index contributed by atoms with van der Waals surface area (Å²) in [5.41, 5.74) is 0. The molecule has 4 heteroatoms. The number of piperazine rings is 1. The fourth-order valence-corrected chi connectivity index (χ4v) is 1.75. The second-order valence-electron chi connectivity index (χ2n) is 3.91. The highest BCUT2D eigenvalue weighted by Gasteiger charge is 2.13. The summed E-state index contributed by atoms with van der Waals surface area (Å²) in [6, 6.07) is 0. The predicted octanol–water partition coefficient (Wildman–Crippen LogP) is -0.299. The minimum absolute atomic E-state index is 0.131. The third-order valence-electron chi connectivity index (χ3n) is 2.74. The van der Waals surface area contributed by atoms with E-state index in [0.717, 1.165) is 39.3 Å². The van der Waals surface area contributed by atoms with Gasteiger partial charge in [0.05, 0.1) is 13.2 Å². The Hall–Kier alpha value is -0.680. The molecule has 0 atom stereocenters. The summed E-state index contributed by atoms with van der Waals surface area (Å²) in [6.45, 7) is 6.41. The van der Waals surface area contributed by atoms with Crippen LogP contribution in [0.25, 0.3) is 0 Å². The molecule has 0 aromatic carbocycles. The normalized spacial score (nSPS) is 20.1. The maximum Gasteiger partial charge on any atom is 0.0612 e. The van der Waals surface area contributed by atoms with Gasteiger partial charge >= 0.3 is 0 Å². The Bertz CT molecular complexity index is 197. The number of rotatable bonds is 6. The molecule has 16 heavy (non-hydrogen) atoms. The molecule has 1 rings (SSSR count). The first-order valence-corrected chi connectivity index (χ1v) is 5.83. The maximum absolute atomic E-state index is 8.62. The Balaban J connectivity index is 2.13. The summed E-state index contributed by atoms with van der Waals surface area (Å²) in [7, 11) is 0. The third kappa shape index (κ3) is 5.42. The van der Waals surface area contributed by atoms with Gasteiger partial charge in [0.25, 0.3) is 0 Å². The van der Waals surface area contributed by atoms with Gasteiger partial charge in [-0.1, -0.05) is 24.3 Å². The van der Waals surface area contributed by atoms with Crippen molar-refractivity contribution < 1.29 is 10.2 Å². The quantitative estimate of drug-likeness (QED) is 0.611. The monoisotopic (exact) mass is 226 g/mol. The number of nitrogens with zero attached hydrogens (tertiary/aromatic N) is 2. The van der Waals surface area contributed by atoms with Gasteiger partial charge in [-0.25, -0.2) is 0 Å². The van der Waals surface area contributed by atoms with Crippen LogP contribution in [0.4, 0.5) is 0 Å². The molecule has 0 amide bonds. The van der Waals surface area contributed by atoms with Crippen molar-refractivity contribution in [3.8, 4) is 0 Å². The maximum atomic E-state index is 8.62. The number of aliphatic hydroxyl groups excluding tert-OH is 2. The number of hydrogen-bond acceptors (Lipinski definition) is 4. The first-order valence-electron chi connectivity index (χ1n) is 5.83. The molecule has 0 aliphatic carbocycles. The number of hydrogen-bond donors (Lipinski definition) is 2. The molecule has 0 spiro atoms. The summed E-state index contributed by atoms with van der Waals surface area (Å²) < 4.78 is 0. The molecule has 4 nitrogen and oxygen atoms in total. The lowest BCUT2D eigenvalue weighted by Gasteiger charge is -2.33. The van der Waals surface area contributed by atoms with Crippen LogP contribution in [0.5, 0.6) is 0 Å². The molecular weight excluding hydrogens is 204 g/mol. The standard InChI is InChI=1S/C12H22N2O2/c15-11-3-1-5-13-7-9-14(10-8-13)6-2-4-12-16/h1-4,15-16H,5-12H2. The topological polar surface area (TPSA) is 46.9 Å². The highest BCUT2D eigenvalue weighted by Crippen LogP contribution is 2.01. The Morgan fingerprint density at radius 3 is 1.38 bits per heavy atom. The zero-order chi connectivity index (χ0) is 11.6. The van der Waals surface area contributed by atoms with E-state index in [-0.39, 0.29) is 13.2 Å². The Kier molecular flexibility index (Phi) is 7.09. The van der Waals surface area contributed by atoms with E-state index in [2.05, 4.69) is 9.80 Å². The molecule has 1 saturated heterocycles. The lowest BCUT2D eigenvalue weighted by atomic mass is 10.3. The van der Waals surface area contributed by atoms with Gasteiger partial charge in [-0.3, -0.25) is 9.80 Å². The van der Waals surface area contributed by atoms with E-state index in [9.17, 15) is 0 Å². The van der Waals surface area contributed by atoms with Crippen molar-refractivity contribution in [3.63, 3.8) is 0 Å². The fourth-order valence-electron chi connectivity index (χ4n) is 1.75. The van der Waals surface area contributed by atoms with E-state index in [1.54, 1.807) is 12.2 Å². The minimum atomic E-state index is 0.131. The van der Waals surface area contributed by atoms with Crippen molar-refractivity contribution in [3.05, 3.63) is 24.3 Å². The van der Waals surface area contributed by atoms with Crippen LogP contribution < -0.4 is 0 Å². The highest BCUT2D eigenvalue weighted by atomic mass is 16.3. The summed E-state index contributed by atoms with van der Waals surface area (Å²) in [6.07, 6.45) is 7.61. The van der Waals surface area contributed by atoms with Crippen LogP contribution in [0.15, 0.2) is 24.3 Å². The molecule has 0 aromatic heterocycles. The van der Waals surface area contributed by atoms with Crippen LogP contribution in [0.2, 0.25) is 0 Å². The Labute approximate surface area is 97.5 Å². The smallest absolute Gasteiger partial charge is 0.0612 e. The van der Waals surface area contributed by atoms with Crippen molar-refractivity contribution >= 4 is 0 Å². The van der Waals surface area contributed by atoms with Crippen molar-refractivity contribution in [1.29, 1.82) is 0 Å². The average Bonchev–Trinajstić information content (AvgIpc) is 2.32. The van der Waals surface area contributed by atoms with Crippen molar-refractivity contribution in [2.75, 3.05) is 52.5 Å². The zero-order valence-corrected chi connectivity index (χ0v) is 9.76. The van der Waals surface area contributed by atoms with Gasteiger partial charge in [0.2, 0.25) is 0 Å². The van der Waals surface area contributed by atoms with E-state index in [0.29, 0.717) is 0 Å². The average molecular weight is 226 g/mol. The molecular formula is C12H22N2O2. The van der Waals surface area contributed by atoms with E-state index < -0.39 is 0 Å². The first kappa shape index (κ1) is 13.4. The lowest BCUT2D eigenvalue weighted by molar-refractivity contribution is 0.153. The van der Waals surface area contributed by atoms with Gasteiger partial charge in [-0.15, -0.1) is 0 Å². The van der Waals surface area contributed by atoms with Crippen molar-refractivity contribution in [2.45, 2.75) is 0 Å². The second-order valence-corrected chi connectivity index (χ2v) is 3.91. The molecule has 0 bridgehead atoms. The molecule has 2 N–H and O–H groups in total. The summed E-state index contributed by atoms with van der Waals surface area (Å²) in [5, 5.41) is 17.2. The van der Waals surface area contributed by atoms with Gasteiger partial charge in [0, 0.05) is 39.3 Å². The van der Waals surface area contributed by atoms with Gasteiger partial charge in [0.1, 0.15) is 0 Å². The lowest BCUT2D eigenvalue weighted by Crippen LogP contribution is -2.46. The Morgan fingerprint density at radius 2 is 1.06 bits per heavy atom. The predicted molar refractivity (Wildman–Crippen MR) is 65.3 cm³/mol. The van der Waals surface area contributed by atoms with Gasteiger partial charge in [-0.2, -0.15) is 0 Å². The largest absolute Gasteiger partial charge is 0.392 e. The van der Waals surface area contributed by atoms with E-state index in [1.165, 1.54) is 0 Å². The summed E-state index contributed by atoms with van der Waals surface area (Å²) in [5.74, 6) is 0. The molecule has 0 aromatic rings. The fraction of sp³-hybridized carbons (Fsp3) is 0.667. The van der Waals surface area contributed by atoms with Crippen LogP contribution >= 0.6 is 0 Å². The first-order chi connectivity index (χ1) is 7.86. The molecule has 0 radical (unpaired) electrons. The van der Waals surface area contributed by atoms with Crippen LogP contribution in [-0.2, 0) is 0 Å². The van der Waals surface area contributed by atoms with E-state index in [4.69, 9.17) is 10.2 Å². The van der Waals surface area contributed by atoms with Gasteiger partial charge in [0.15, 0.2) is 0 Å². The van der Waals surface area contributed by atoms with Gasteiger partial charge < -0.3 is 10.2 Å². The number of aliphatic hydroxyl groups is 2. The minimum Gasteiger partial charge on any atom is -0.392 e. The highest BCUT2D eigenvalue weighted by molar-refractivity contribution is 4.88. The second kappa shape index (κ2) is 8.47. The SMILES string of the molecule is OCC=CCN1CCN(CC=CCO)CC1. The third-order valence-corrected chi connectivity index (χ3v) is 2.74. The molecule has 1 aliphatic rings. The molecule has 1 heterocycles. The van der Waals surface area contributed by atoms with Gasteiger partial charge in [-0.05, 0) is 0 Å².